The third-order valence-corrected chi connectivity index (χ3v) is 12.3. The molecule has 0 spiro atoms. The van der Waals surface area contributed by atoms with Crippen LogP contribution in [0.15, 0.2) is 48.5 Å². The lowest BCUT2D eigenvalue weighted by atomic mass is 9.78. The van der Waals surface area contributed by atoms with E-state index in [0.29, 0.717) is 11.8 Å². The highest BCUT2D eigenvalue weighted by Gasteiger charge is 2.22. The molecule has 0 aliphatic carbocycles. The van der Waals surface area contributed by atoms with Gasteiger partial charge in [-0.05, 0) is 95.9 Å². The quantitative estimate of drug-likeness (QED) is 0.0812. The lowest BCUT2D eigenvalue weighted by Crippen LogP contribution is -2.10. The second kappa shape index (κ2) is 24.6. The molecule has 0 amide bonds. The van der Waals surface area contributed by atoms with E-state index >= 15 is 0 Å². The minimum absolute atomic E-state index is 0.491. The Kier molecular flexibility index (Phi) is 22.3. The first-order chi connectivity index (χ1) is 19.7. The average molecular weight is 659 g/mol. The van der Waals surface area contributed by atoms with Crippen LogP contribution < -0.4 is 9.47 Å². The van der Waals surface area contributed by atoms with E-state index in [2.05, 4.69) is 87.6 Å². The Balaban J connectivity index is 1.74. The molecule has 2 aromatic carbocycles. The molecule has 0 bridgehead atoms. The van der Waals surface area contributed by atoms with Gasteiger partial charge in [0.15, 0.2) is 0 Å². The van der Waals surface area contributed by atoms with E-state index in [-0.39, 0.29) is 0 Å². The van der Waals surface area contributed by atoms with E-state index < -0.39 is 0 Å². The highest BCUT2D eigenvalue weighted by molar-refractivity contribution is 8.03. The summed E-state index contributed by atoms with van der Waals surface area (Å²) in [5, 5.41) is 0. The maximum Gasteiger partial charge on any atom is 0.119 e. The number of hydrogen-bond donors (Lipinski definition) is 2. The van der Waals surface area contributed by atoms with Gasteiger partial charge in [0, 0.05) is 34.5 Å². The molecule has 0 aliphatic heterocycles. The maximum atomic E-state index is 6.03. The molecule has 2 unspecified atom stereocenters. The van der Waals surface area contributed by atoms with Gasteiger partial charge in [-0.3, -0.25) is 0 Å². The van der Waals surface area contributed by atoms with Crippen LogP contribution in [0.25, 0.3) is 0 Å². The lowest BCUT2D eigenvalue weighted by Gasteiger charge is -2.26. The second-order valence-electron chi connectivity index (χ2n) is 9.47. The molecule has 226 valence electrons. The molecule has 2 rings (SSSR count). The molecule has 0 fully saturated rings. The normalized spacial score (nSPS) is 12.8. The van der Waals surface area contributed by atoms with Gasteiger partial charge >= 0.3 is 0 Å². The Labute approximate surface area is 273 Å². The minimum Gasteiger partial charge on any atom is -0.494 e. The Hall–Kier alpha value is 0.140. The zero-order valence-corrected chi connectivity index (χ0v) is 29.5. The predicted molar refractivity (Wildman–Crippen MR) is 196 cm³/mol. The summed E-state index contributed by atoms with van der Waals surface area (Å²) in [5.41, 5.74) is 2.80. The molecule has 2 atom stereocenters. The number of thioether (sulfide) groups is 4. The fraction of sp³-hybridized carbons (Fsp3) is 0.625. The fourth-order valence-corrected chi connectivity index (χ4v) is 8.98. The van der Waals surface area contributed by atoms with Crippen molar-refractivity contribution in [2.75, 3.05) is 70.7 Å². The summed E-state index contributed by atoms with van der Waals surface area (Å²) >= 11 is 16.5. The molecule has 0 saturated carbocycles. The summed E-state index contributed by atoms with van der Waals surface area (Å²) in [5.74, 6) is 14.4. The van der Waals surface area contributed by atoms with E-state index in [1.807, 2.05) is 47.0 Å². The van der Waals surface area contributed by atoms with Crippen molar-refractivity contribution in [2.45, 2.75) is 51.4 Å². The third-order valence-electron chi connectivity index (χ3n) is 6.60. The van der Waals surface area contributed by atoms with Crippen molar-refractivity contribution in [3.05, 3.63) is 59.7 Å². The molecule has 0 aliphatic rings. The minimum atomic E-state index is 0.491. The number of rotatable bonds is 25. The molecule has 0 aromatic heterocycles. The van der Waals surface area contributed by atoms with Gasteiger partial charge in [0.05, 0.1) is 13.2 Å². The summed E-state index contributed by atoms with van der Waals surface area (Å²) in [6.45, 7) is 6.18. The molecule has 0 heterocycles. The van der Waals surface area contributed by atoms with E-state index in [4.69, 9.17) is 9.47 Å². The van der Waals surface area contributed by atoms with Crippen LogP contribution in [0.3, 0.4) is 0 Å². The zero-order valence-electron chi connectivity index (χ0n) is 24.4. The van der Waals surface area contributed by atoms with Gasteiger partial charge in [0.2, 0.25) is 0 Å². The molecule has 8 heteroatoms. The Bertz CT molecular complexity index is 778. The van der Waals surface area contributed by atoms with Crippen LogP contribution in [0, 0.1) is 0 Å². The number of thiol groups is 2. The van der Waals surface area contributed by atoms with Gasteiger partial charge < -0.3 is 9.47 Å². The van der Waals surface area contributed by atoms with E-state index in [0.717, 1.165) is 84.9 Å². The molecule has 0 N–H and O–H groups in total. The number of ether oxygens (including phenoxy) is 2. The lowest BCUT2D eigenvalue weighted by molar-refractivity contribution is 0.318. The summed E-state index contributed by atoms with van der Waals surface area (Å²) in [6.07, 6.45) is 4.42. The van der Waals surface area contributed by atoms with Crippen LogP contribution in [0.2, 0.25) is 0 Å². The monoisotopic (exact) mass is 658 g/mol. The first-order valence-electron chi connectivity index (χ1n) is 14.7. The van der Waals surface area contributed by atoms with Crippen LogP contribution in [-0.2, 0) is 0 Å². The zero-order chi connectivity index (χ0) is 28.7. The first-order valence-corrected chi connectivity index (χ1v) is 20.6. The Morgan fingerprint density at radius 1 is 0.525 bits per heavy atom. The van der Waals surface area contributed by atoms with Crippen LogP contribution in [-0.4, -0.2) is 70.7 Å². The van der Waals surface area contributed by atoms with Crippen LogP contribution in [0.4, 0.5) is 0 Å². The van der Waals surface area contributed by atoms with E-state index in [1.54, 1.807) is 0 Å². The van der Waals surface area contributed by atoms with Crippen LogP contribution in [0.5, 0.6) is 11.5 Å². The summed E-state index contributed by atoms with van der Waals surface area (Å²) < 4.78 is 12.1. The van der Waals surface area contributed by atoms with Gasteiger partial charge in [0.25, 0.3) is 0 Å². The van der Waals surface area contributed by atoms with Gasteiger partial charge in [-0.15, -0.1) is 0 Å². The molecule has 0 radical (unpaired) electrons. The van der Waals surface area contributed by atoms with E-state index in [9.17, 15) is 0 Å². The standard InChI is InChI=1S/C32H50O2S6/c1-3-31(27-7-11-29(12-8-27)33-15-5-19-37-23-25-39-21-17-35)32(4-2)28-9-13-30(14-10-28)34-16-6-20-38-24-26-40-22-18-36/h7-14,31-32,35-36H,3-6,15-26H2,1-2H3. The number of benzene rings is 2. The molecule has 0 saturated heterocycles. The van der Waals surface area contributed by atoms with Crippen molar-refractivity contribution < 1.29 is 9.47 Å². The summed E-state index contributed by atoms with van der Waals surface area (Å²) in [6, 6.07) is 17.7. The Morgan fingerprint density at radius 3 is 1.20 bits per heavy atom. The van der Waals surface area contributed by atoms with Crippen molar-refractivity contribution >= 4 is 72.3 Å². The number of hydrogen-bond acceptors (Lipinski definition) is 8. The van der Waals surface area contributed by atoms with Gasteiger partial charge in [0.1, 0.15) is 11.5 Å². The largest absolute Gasteiger partial charge is 0.494 e. The smallest absolute Gasteiger partial charge is 0.119 e. The molecule has 2 aromatic rings. The van der Waals surface area contributed by atoms with Crippen LogP contribution >= 0.6 is 72.3 Å². The molecular formula is C32H50O2S6. The SMILES string of the molecule is CCC(c1ccc(OCCCSCCSCCS)cc1)C(CC)c1ccc(OCCCSCCSCCS)cc1. The van der Waals surface area contributed by atoms with Gasteiger partial charge in [-0.25, -0.2) is 0 Å². The molecule has 40 heavy (non-hydrogen) atoms. The van der Waals surface area contributed by atoms with Crippen molar-refractivity contribution in [1.29, 1.82) is 0 Å². The van der Waals surface area contributed by atoms with Crippen molar-refractivity contribution in [1.82, 2.24) is 0 Å². The van der Waals surface area contributed by atoms with Crippen molar-refractivity contribution in [2.24, 2.45) is 0 Å². The second-order valence-corrected chi connectivity index (χ2v) is 15.3. The highest BCUT2D eigenvalue weighted by atomic mass is 32.2. The Morgan fingerprint density at radius 2 is 0.875 bits per heavy atom. The molecular weight excluding hydrogens is 609 g/mol. The third kappa shape index (κ3) is 15.6. The molecule has 2 nitrogen and oxygen atoms in total. The van der Waals surface area contributed by atoms with E-state index in [1.165, 1.54) is 34.1 Å². The van der Waals surface area contributed by atoms with Crippen molar-refractivity contribution in [3.8, 4) is 11.5 Å². The van der Waals surface area contributed by atoms with Gasteiger partial charge in [-0.2, -0.15) is 72.3 Å². The van der Waals surface area contributed by atoms with Crippen LogP contribution in [0.1, 0.15) is 62.5 Å². The van der Waals surface area contributed by atoms with Gasteiger partial charge in [-0.1, -0.05) is 38.1 Å². The predicted octanol–water partition coefficient (Wildman–Crippen LogP) is 9.70. The topological polar surface area (TPSA) is 18.5 Å². The fourth-order valence-electron chi connectivity index (χ4n) is 4.60. The maximum absolute atomic E-state index is 6.03. The average Bonchev–Trinajstić information content (AvgIpc) is 2.99. The highest BCUT2D eigenvalue weighted by Crippen LogP contribution is 2.39. The summed E-state index contributed by atoms with van der Waals surface area (Å²) in [7, 11) is 0. The van der Waals surface area contributed by atoms with Crippen molar-refractivity contribution in [3.63, 3.8) is 0 Å². The first kappa shape index (κ1) is 36.3. The summed E-state index contributed by atoms with van der Waals surface area (Å²) in [4.78, 5) is 0.